The zero-order valence-corrected chi connectivity index (χ0v) is 21.1. The first-order valence-corrected chi connectivity index (χ1v) is 13.1. The molecular formula is C29H27F2N3O5. The van der Waals surface area contributed by atoms with Crippen molar-refractivity contribution in [2.75, 3.05) is 13.2 Å². The molecule has 2 unspecified atom stereocenters. The Kier molecular flexibility index (Phi) is 6.64. The summed E-state index contributed by atoms with van der Waals surface area (Å²) in [5.74, 6) is -2.78. The lowest BCUT2D eigenvalue weighted by atomic mass is 10.1. The molecule has 0 aliphatic carbocycles. The summed E-state index contributed by atoms with van der Waals surface area (Å²) >= 11 is 0. The molecular weight excluding hydrogens is 508 g/mol. The van der Waals surface area contributed by atoms with Gasteiger partial charge in [-0.3, -0.25) is 14.4 Å². The number of carbonyl (C=O) groups excluding carboxylic acids is 2. The lowest BCUT2D eigenvalue weighted by molar-refractivity contribution is -0.0685. The average Bonchev–Trinajstić information content (AvgIpc) is 3.19. The van der Waals surface area contributed by atoms with Crippen LogP contribution in [-0.2, 0) is 24.3 Å². The molecule has 39 heavy (non-hydrogen) atoms. The van der Waals surface area contributed by atoms with Gasteiger partial charge < -0.3 is 24.3 Å². The van der Waals surface area contributed by atoms with E-state index in [1.54, 1.807) is 9.47 Å². The van der Waals surface area contributed by atoms with Crippen molar-refractivity contribution in [2.24, 2.45) is 0 Å². The first-order valence-electron chi connectivity index (χ1n) is 13.1. The molecule has 0 radical (unpaired) electrons. The Bertz CT molecular complexity index is 1510. The van der Waals surface area contributed by atoms with E-state index in [4.69, 9.17) is 9.47 Å². The minimum atomic E-state index is -0.801. The number of hydrogen-bond acceptors (Lipinski definition) is 5. The second kappa shape index (κ2) is 10.3. The van der Waals surface area contributed by atoms with E-state index in [2.05, 4.69) is 5.32 Å². The number of hydrogen-bond donors (Lipinski definition) is 1. The van der Waals surface area contributed by atoms with E-state index in [0.717, 1.165) is 30.5 Å². The normalized spacial score (nSPS) is 19.7. The van der Waals surface area contributed by atoms with Crippen LogP contribution in [0.1, 0.15) is 63.0 Å². The van der Waals surface area contributed by atoms with Crippen LogP contribution in [0.25, 0.3) is 0 Å². The Balaban J connectivity index is 1.42. The van der Waals surface area contributed by atoms with Gasteiger partial charge in [0.15, 0.2) is 17.7 Å². The van der Waals surface area contributed by atoms with Gasteiger partial charge in [-0.25, -0.2) is 8.78 Å². The van der Waals surface area contributed by atoms with E-state index in [1.165, 1.54) is 6.07 Å². The SMILES string of the molecule is O=C(NCc1ccc(F)cc1F)c1c2n3c(c(OCc4ccccc4)c1=O)C(=O)N1CCCCOC1C3CC2. The molecule has 0 spiro atoms. The number of benzene rings is 2. The van der Waals surface area contributed by atoms with Gasteiger partial charge in [-0.2, -0.15) is 0 Å². The molecule has 3 aromatic rings. The van der Waals surface area contributed by atoms with Gasteiger partial charge in [0, 0.05) is 37.0 Å². The second-order valence-electron chi connectivity index (χ2n) is 9.96. The fraction of sp³-hybridized carbons (Fsp3) is 0.345. The minimum absolute atomic E-state index is 0.0299. The van der Waals surface area contributed by atoms with Gasteiger partial charge >= 0.3 is 0 Å². The van der Waals surface area contributed by atoms with E-state index in [9.17, 15) is 23.2 Å². The summed E-state index contributed by atoms with van der Waals surface area (Å²) < 4.78 is 41.4. The van der Waals surface area contributed by atoms with Crippen LogP contribution in [-0.4, -0.2) is 40.7 Å². The third-order valence-electron chi connectivity index (χ3n) is 7.57. The van der Waals surface area contributed by atoms with Crippen molar-refractivity contribution >= 4 is 11.8 Å². The molecule has 2 amide bonds. The predicted octanol–water partition coefficient (Wildman–Crippen LogP) is 3.72. The van der Waals surface area contributed by atoms with Crippen molar-refractivity contribution in [2.45, 2.75) is 51.1 Å². The molecule has 2 aromatic carbocycles. The first-order chi connectivity index (χ1) is 18.9. The fourth-order valence-electron chi connectivity index (χ4n) is 5.72. The number of ether oxygens (including phenoxy) is 2. The lowest BCUT2D eigenvalue weighted by Crippen LogP contribution is -2.52. The number of nitrogens with one attached hydrogen (secondary N) is 1. The van der Waals surface area contributed by atoms with E-state index in [1.807, 2.05) is 30.3 Å². The van der Waals surface area contributed by atoms with Gasteiger partial charge in [0.1, 0.15) is 23.8 Å². The smallest absolute Gasteiger partial charge is 0.276 e. The van der Waals surface area contributed by atoms with Crippen LogP contribution in [0.4, 0.5) is 8.78 Å². The molecule has 1 fully saturated rings. The summed E-state index contributed by atoms with van der Waals surface area (Å²) in [6, 6.07) is 12.0. The number of pyridine rings is 1. The van der Waals surface area contributed by atoms with Crippen molar-refractivity contribution in [3.05, 3.63) is 98.5 Å². The molecule has 1 aromatic heterocycles. The van der Waals surface area contributed by atoms with Crippen molar-refractivity contribution in [1.82, 2.24) is 14.8 Å². The van der Waals surface area contributed by atoms with Gasteiger partial charge in [-0.05, 0) is 37.3 Å². The van der Waals surface area contributed by atoms with Gasteiger partial charge in [-0.15, -0.1) is 0 Å². The highest BCUT2D eigenvalue weighted by Crippen LogP contribution is 2.42. The molecule has 4 heterocycles. The zero-order valence-electron chi connectivity index (χ0n) is 21.1. The van der Waals surface area contributed by atoms with Crippen LogP contribution in [0, 0.1) is 11.6 Å². The van der Waals surface area contributed by atoms with Gasteiger partial charge in [0.25, 0.3) is 11.8 Å². The molecule has 0 saturated carbocycles. The highest BCUT2D eigenvalue weighted by molar-refractivity contribution is 6.00. The molecule has 2 atom stereocenters. The van der Waals surface area contributed by atoms with Crippen LogP contribution in [0.5, 0.6) is 5.75 Å². The zero-order chi connectivity index (χ0) is 27.1. The first kappa shape index (κ1) is 25.2. The summed E-state index contributed by atoms with van der Waals surface area (Å²) in [5, 5.41) is 2.60. The fourth-order valence-corrected chi connectivity index (χ4v) is 5.72. The van der Waals surface area contributed by atoms with Crippen LogP contribution >= 0.6 is 0 Å². The molecule has 1 saturated heterocycles. The number of halogens is 2. The largest absolute Gasteiger partial charge is 0.483 e. The monoisotopic (exact) mass is 535 g/mol. The number of amides is 2. The molecule has 8 nitrogen and oxygen atoms in total. The molecule has 3 aliphatic rings. The maximum Gasteiger partial charge on any atom is 0.276 e. The molecule has 6 rings (SSSR count). The molecule has 202 valence electrons. The van der Waals surface area contributed by atoms with Crippen molar-refractivity contribution in [3.63, 3.8) is 0 Å². The average molecular weight is 536 g/mol. The topological polar surface area (TPSA) is 89.9 Å². The summed E-state index contributed by atoms with van der Waals surface area (Å²) in [5.41, 5.74) is 0.619. The van der Waals surface area contributed by atoms with Crippen molar-refractivity contribution in [1.29, 1.82) is 0 Å². The van der Waals surface area contributed by atoms with Gasteiger partial charge in [-0.1, -0.05) is 36.4 Å². The van der Waals surface area contributed by atoms with Crippen LogP contribution in [0.15, 0.2) is 53.3 Å². The standard InChI is InChI=1S/C29H27F2N3O5/c30-19-9-8-18(20(31)14-19)15-32-27(36)23-21-10-11-22-29-33(12-4-5-13-38-29)28(37)24(34(21)22)26(25(23)35)39-16-17-6-2-1-3-7-17/h1-3,6-9,14,22,29H,4-5,10-13,15-16H2,(H,32,36). The molecule has 1 N–H and O–H groups in total. The Morgan fingerprint density at radius 3 is 2.72 bits per heavy atom. The predicted molar refractivity (Wildman–Crippen MR) is 136 cm³/mol. The van der Waals surface area contributed by atoms with E-state index < -0.39 is 29.2 Å². The number of nitrogens with zero attached hydrogens (tertiary/aromatic N) is 2. The summed E-state index contributed by atoms with van der Waals surface area (Å²) in [6.07, 6.45) is 2.07. The summed E-state index contributed by atoms with van der Waals surface area (Å²) in [6.45, 7) is 0.812. The van der Waals surface area contributed by atoms with Gasteiger partial charge in [0.2, 0.25) is 5.43 Å². The molecule has 0 bridgehead atoms. The van der Waals surface area contributed by atoms with Crippen molar-refractivity contribution < 1.29 is 27.8 Å². The highest BCUT2D eigenvalue weighted by Gasteiger charge is 2.48. The van der Waals surface area contributed by atoms with E-state index >= 15 is 0 Å². The highest BCUT2D eigenvalue weighted by atomic mass is 19.1. The number of rotatable bonds is 6. The molecule has 3 aliphatic heterocycles. The Morgan fingerprint density at radius 1 is 1.10 bits per heavy atom. The van der Waals surface area contributed by atoms with E-state index in [0.29, 0.717) is 31.7 Å². The Morgan fingerprint density at radius 2 is 1.92 bits per heavy atom. The third-order valence-corrected chi connectivity index (χ3v) is 7.57. The number of fused-ring (bicyclic) bond motifs is 2. The number of aromatic nitrogens is 1. The van der Waals surface area contributed by atoms with Crippen LogP contribution < -0.4 is 15.5 Å². The van der Waals surface area contributed by atoms with Crippen LogP contribution in [0.3, 0.4) is 0 Å². The molecule has 10 heteroatoms. The maximum atomic E-state index is 14.2. The minimum Gasteiger partial charge on any atom is -0.483 e. The summed E-state index contributed by atoms with van der Waals surface area (Å²) in [7, 11) is 0. The Labute approximate surface area is 223 Å². The van der Waals surface area contributed by atoms with Gasteiger partial charge in [0.05, 0.1) is 6.04 Å². The maximum absolute atomic E-state index is 14.2. The van der Waals surface area contributed by atoms with Crippen LogP contribution in [0.2, 0.25) is 0 Å². The van der Waals surface area contributed by atoms with E-state index in [-0.39, 0.29) is 47.7 Å². The Hall–Kier alpha value is -4.05. The quantitative estimate of drug-likeness (QED) is 0.520. The number of carbonyl (C=O) groups is 2. The summed E-state index contributed by atoms with van der Waals surface area (Å²) in [4.78, 5) is 42.8. The third kappa shape index (κ3) is 4.48. The second-order valence-corrected chi connectivity index (χ2v) is 9.96. The van der Waals surface area contributed by atoms with Crippen molar-refractivity contribution in [3.8, 4) is 5.75 Å². The lowest BCUT2D eigenvalue weighted by Gasteiger charge is -2.40.